The highest BCUT2D eigenvalue weighted by atomic mass is 16.5. The number of nitrogens with one attached hydrogen (secondary N) is 1. The van der Waals surface area contributed by atoms with Gasteiger partial charge in [0.25, 0.3) is 0 Å². The number of nitriles is 1. The van der Waals surface area contributed by atoms with Gasteiger partial charge in [-0.25, -0.2) is 0 Å². The summed E-state index contributed by atoms with van der Waals surface area (Å²) in [4.78, 5) is 11.1. The van der Waals surface area contributed by atoms with Crippen molar-refractivity contribution < 1.29 is 14.6 Å². The van der Waals surface area contributed by atoms with E-state index in [0.29, 0.717) is 17.9 Å². The van der Waals surface area contributed by atoms with Crippen LogP contribution in [0.1, 0.15) is 25.0 Å². The van der Waals surface area contributed by atoms with Crippen LogP contribution >= 0.6 is 0 Å². The van der Waals surface area contributed by atoms with Crippen molar-refractivity contribution in [2.45, 2.75) is 26.4 Å². The molecule has 1 rings (SSSR count). The number of ether oxygens (including phenoxy) is 1. The number of carboxylic acid groups (broad SMARTS) is 1. The highest BCUT2D eigenvalue weighted by molar-refractivity contribution is 5.73. The van der Waals surface area contributed by atoms with Gasteiger partial charge in [0.2, 0.25) is 0 Å². The Labute approximate surface area is 112 Å². The molecule has 0 amide bonds. The molecule has 1 unspecified atom stereocenters. The normalized spacial score (nSPS) is 11.9. The molecule has 102 valence electrons. The minimum atomic E-state index is -0.865. The van der Waals surface area contributed by atoms with E-state index in [1.807, 2.05) is 19.9 Å². The van der Waals surface area contributed by atoms with Gasteiger partial charge in [0, 0.05) is 6.54 Å². The lowest BCUT2D eigenvalue weighted by atomic mass is 10.0. The van der Waals surface area contributed by atoms with E-state index in [-0.39, 0.29) is 5.92 Å². The van der Waals surface area contributed by atoms with E-state index < -0.39 is 12.0 Å². The van der Waals surface area contributed by atoms with Crippen LogP contribution < -0.4 is 10.1 Å². The Kier molecular flexibility index (Phi) is 5.34. The van der Waals surface area contributed by atoms with Crippen LogP contribution in [0.3, 0.4) is 0 Å². The van der Waals surface area contributed by atoms with Crippen LogP contribution in [-0.2, 0) is 11.3 Å². The molecule has 1 atom stereocenters. The summed E-state index contributed by atoms with van der Waals surface area (Å²) < 4.78 is 5.11. The number of carbonyl (C=O) groups is 1. The molecular weight excluding hydrogens is 244 g/mol. The quantitative estimate of drug-likeness (QED) is 0.816. The van der Waals surface area contributed by atoms with Crippen LogP contribution in [-0.4, -0.2) is 24.2 Å². The molecule has 5 heteroatoms. The molecule has 0 aromatic heterocycles. The Morgan fingerprint density at radius 2 is 2.21 bits per heavy atom. The van der Waals surface area contributed by atoms with Crippen molar-refractivity contribution in [3.05, 3.63) is 29.3 Å². The molecule has 0 heterocycles. The summed E-state index contributed by atoms with van der Waals surface area (Å²) in [6.45, 7) is 4.12. The first-order chi connectivity index (χ1) is 8.99. The molecule has 2 N–H and O–H groups in total. The number of aliphatic carboxylic acids is 1. The van der Waals surface area contributed by atoms with E-state index in [9.17, 15) is 4.79 Å². The minimum Gasteiger partial charge on any atom is -0.495 e. The molecule has 0 fully saturated rings. The zero-order valence-electron chi connectivity index (χ0n) is 11.3. The fourth-order valence-electron chi connectivity index (χ4n) is 1.77. The molecule has 0 aliphatic heterocycles. The van der Waals surface area contributed by atoms with E-state index in [1.54, 1.807) is 18.2 Å². The number of nitrogens with zero attached hydrogens (tertiary/aromatic N) is 1. The lowest BCUT2D eigenvalue weighted by molar-refractivity contribution is -0.140. The van der Waals surface area contributed by atoms with Crippen LogP contribution in [0.2, 0.25) is 0 Å². The van der Waals surface area contributed by atoms with Crippen molar-refractivity contribution in [3.63, 3.8) is 0 Å². The van der Waals surface area contributed by atoms with Crippen LogP contribution in [0.25, 0.3) is 0 Å². The SMILES string of the molecule is COc1cc(CNC(C(=O)O)C(C)C)ccc1C#N. The van der Waals surface area contributed by atoms with Crippen molar-refractivity contribution in [3.8, 4) is 11.8 Å². The Hall–Kier alpha value is -2.06. The lowest BCUT2D eigenvalue weighted by Crippen LogP contribution is -2.40. The first-order valence-corrected chi connectivity index (χ1v) is 6.02. The van der Waals surface area contributed by atoms with Gasteiger partial charge in [-0.05, 0) is 23.6 Å². The maximum Gasteiger partial charge on any atom is 0.320 e. The molecule has 0 aliphatic rings. The van der Waals surface area contributed by atoms with E-state index in [1.165, 1.54) is 7.11 Å². The molecule has 0 saturated heterocycles. The third kappa shape index (κ3) is 3.97. The minimum absolute atomic E-state index is 0.00206. The van der Waals surface area contributed by atoms with Gasteiger partial charge >= 0.3 is 5.97 Å². The van der Waals surface area contributed by atoms with Crippen molar-refractivity contribution >= 4 is 5.97 Å². The highest BCUT2D eigenvalue weighted by Gasteiger charge is 2.20. The second-order valence-electron chi connectivity index (χ2n) is 4.59. The standard InChI is InChI=1S/C14H18N2O3/c1-9(2)13(14(17)18)16-8-10-4-5-11(7-15)12(6-10)19-3/h4-6,9,13,16H,8H2,1-3H3,(H,17,18). The molecule has 0 radical (unpaired) electrons. The smallest absolute Gasteiger partial charge is 0.320 e. The average Bonchev–Trinajstić information content (AvgIpc) is 2.37. The number of rotatable bonds is 6. The summed E-state index contributed by atoms with van der Waals surface area (Å²) in [5.41, 5.74) is 1.34. The zero-order chi connectivity index (χ0) is 14.4. The van der Waals surface area contributed by atoms with Crippen molar-refractivity contribution in [2.75, 3.05) is 7.11 Å². The first-order valence-electron chi connectivity index (χ1n) is 6.02. The molecular formula is C14H18N2O3. The van der Waals surface area contributed by atoms with Gasteiger partial charge in [0.05, 0.1) is 12.7 Å². The summed E-state index contributed by atoms with van der Waals surface area (Å²) in [6.07, 6.45) is 0. The van der Waals surface area contributed by atoms with Gasteiger partial charge in [-0.1, -0.05) is 19.9 Å². The zero-order valence-corrected chi connectivity index (χ0v) is 11.3. The molecule has 0 aliphatic carbocycles. The maximum absolute atomic E-state index is 11.1. The fraction of sp³-hybridized carbons (Fsp3) is 0.429. The van der Waals surface area contributed by atoms with Gasteiger partial charge in [0.1, 0.15) is 17.9 Å². The predicted octanol–water partition coefficient (Wildman–Crippen LogP) is 1.77. The van der Waals surface area contributed by atoms with Crippen molar-refractivity contribution in [2.24, 2.45) is 5.92 Å². The van der Waals surface area contributed by atoms with E-state index >= 15 is 0 Å². The number of carboxylic acids is 1. The van der Waals surface area contributed by atoms with Gasteiger partial charge in [-0.2, -0.15) is 5.26 Å². The number of hydrogen-bond donors (Lipinski definition) is 2. The second-order valence-corrected chi connectivity index (χ2v) is 4.59. The lowest BCUT2D eigenvalue weighted by Gasteiger charge is -2.18. The van der Waals surface area contributed by atoms with Crippen molar-refractivity contribution in [1.82, 2.24) is 5.32 Å². The molecule has 0 spiro atoms. The molecule has 5 nitrogen and oxygen atoms in total. The first kappa shape index (κ1) is 15.0. The van der Waals surface area contributed by atoms with Gasteiger partial charge < -0.3 is 15.2 Å². The summed E-state index contributed by atoms with van der Waals surface area (Å²) in [5, 5.41) is 20.9. The third-order valence-corrected chi connectivity index (χ3v) is 2.85. The second kappa shape index (κ2) is 6.76. The number of methoxy groups -OCH3 is 1. The Morgan fingerprint density at radius 3 is 2.68 bits per heavy atom. The fourth-order valence-corrected chi connectivity index (χ4v) is 1.77. The van der Waals surface area contributed by atoms with Crippen LogP contribution in [0.4, 0.5) is 0 Å². The number of hydrogen-bond acceptors (Lipinski definition) is 4. The summed E-state index contributed by atoms with van der Waals surface area (Å²) in [7, 11) is 1.50. The van der Waals surface area contributed by atoms with Crippen LogP contribution in [0.15, 0.2) is 18.2 Å². The molecule has 1 aromatic rings. The van der Waals surface area contributed by atoms with E-state index in [0.717, 1.165) is 5.56 Å². The number of benzene rings is 1. The van der Waals surface area contributed by atoms with E-state index in [4.69, 9.17) is 15.1 Å². The monoisotopic (exact) mass is 262 g/mol. The molecule has 1 aromatic carbocycles. The highest BCUT2D eigenvalue weighted by Crippen LogP contribution is 2.19. The topological polar surface area (TPSA) is 82.3 Å². The predicted molar refractivity (Wildman–Crippen MR) is 70.8 cm³/mol. The molecule has 0 bridgehead atoms. The van der Waals surface area contributed by atoms with Crippen LogP contribution in [0, 0.1) is 17.2 Å². The van der Waals surface area contributed by atoms with Gasteiger partial charge in [-0.15, -0.1) is 0 Å². The summed E-state index contributed by atoms with van der Waals surface area (Å²) in [5.74, 6) is -0.369. The average molecular weight is 262 g/mol. The molecule has 0 saturated carbocycles. The summed E-state index contributed by atoms with van der Waals surface area (Å²) in [6, 6.07) is 6.63. The Bertz CT molecular complexity index is 492. The van der Waals surface area contributed by atoms with Crippen LogP contribution in [0.5, 0.6) is 5.75 Å². The Morgan fingerprint density at radius 1 is 1.53 bits per heavy atom. The van der Waals surface area contributed by atoms with E-state index in [2.05, 4.69) is 5.32 Å². The molecule has 19 heavy (non-hydrogen) atoms. The summed E-state index contributed by atoms with van der Waals surface area (Å²) >= 11 is 0. The van der Waals surface area contributed by atoms with Gasteiger partial charge in [0.15, 0.2) is 0 Å². The van der Waals surface area contributed by atoms with Gasteiger partial charge in [-0.3, -0.25) is 4.79 Å². The van der Waals surface area contributed by atoms with Crippen molar-refractivity contribution in [1.29, 1.82) is 5.26 Å². The third-order valence-electron chi connectivity index (χ3n) is 2.85. The Balaban J connectivity index is 2.78. The maximum atomic E-state index is 11.1. The largest absolute Gasteiger partial charge is 0.495 e.